The summed E-state index contributed by atoms with van der Waals surface area (Å²) in [4.78, 5) is 0. The highest BCUT2D eigenvalue weighted by Gasteiger charge is 2.62. The lowest BCUT2D eigenvalue weighted by Gasteiger charge is -2.44. The minimum absolute atomic E-state index is 0.104. The Balaban J connectivity index is 1.75. The van der Waals surface area contributed by atoms with Crippen molar-refractivity contribution in [1.82, 2.24) is 0 Å². The molecule has 2 aromatic rings. The zero-order valence-electron chi connectivity index (χ0n) is 15.1. The second kappa shape index (κ2) is 7.00. The first-order valence-corrected chi connectivity index (χ1v) is 12.9. The molecule has 0 radical (unpaired) electrons. The fraction of sp³-hybridized carbons (Fsp3) is 0.455. The van der Waals surface area contributed by atoms with Crippen LogP contribution in [0.3, 0.4) is 0 Å². The van der Waals surface area contributed by atoms with Gasteiger partial charge in [-0.3, -0.25) is 0 Å². The predicted octanol–water partition coefficient (Wildman–Crippen LogP) is 7.89. The molecule has 0 aromatic heterocycles. The maximum atomic E-state index is 10.3. The molecule has 6 heteroatoms. The highest BCUT2D eigenvalue weighted by Crippen LogP contribution is 2.68. The minimum atomic E-state index is -0.104. The Labute approximate surface area is 198 Å². The molecule has 0 amide bonds. The van der Waals surface area contributed by atoms with Gasteiger partial charge in [0.15, 0.2) is 0 Å². The van der Waals surface area contributed by atoms with Crippen LogP contribution >= 0.6 is 63.7 Å². The maximum absolute atomic E-state index is 10.3. The molecule has 28 heavy (non-hydrogen) atoms. The van der Waals surface area contributed by atoms with Gasteiger partial charge in [-0.25, -0.2) is 0 Å². The number of hydrogen-bond acceptors (Lipinski definition) is 2. The second-order valence-corrected chi connectivity index (χ2v) is 12.0. The molecule has 5 rings (SSSR count). The third-order valence-electron chi connectivity index (χ3n) is 7.59. The number of halogens is 4. The molecule has 2 N–H and O–H groups in total. The van der Waals surface area contributed by atoms with E-state index in [1.54, 1.807) is 0 Å². The number of phenolic OH excluding ortho intramolecular Hbond substituents is 2. The summed E-state index contributed by atoms with van der Waals surface area (Å²) in [6.45, 7) is 0. The van der Waals surface area contributed by atoms with E-state index in [4.69, 9.17) is 0 Å². The number of rotatable bonds is 2. The van der Waals surface area contributed by atoms with Crippen molar-refractivity contribution in [2.45, 2.75) is 37.5 Å². The Morgan fingerprint density at radius 1 is 0.750 bits per heavy atom. The average Bonchev–Trinajstić information content (AvgIpc) is 3.35. The normalized spacial score (nSPS) is 30.0. The van der Waals surface area contributed by atoms with E-state index in [2.05, 4.69) is 88.0 Å². The van der Waals surface area contributed by atoms with Crippen molar-refractivity contribution in [3.63, 3.8) is 0 Å². The van der Waals surface area contributed by atoms with E-state index in [1.165, 1.54) is 36.8 Å². The second-order valence-electron chi connectivity index (χ2n) is 8.61. The topological polar surface area (TPSA) is 40.5 Å². The molecule has 3 aliphatic carbocycles. The third kappa shape index (κ3) is 2.73. The number of phenols is 2. The van der Waals surface area contributed by atoms with E-state index >= 15 is 0 Å². The van der Waals surface area contributed by atoms with Crippen molar-refractivity contribution >= 4 is 63.7 Å². The smallest absolute Gasteiger partial charge is 0.143 e. The molecule has 2 bridgehead atoms. The van der Waals surface area contributed by atoms with Crippen molar-refractivity contribution in [3.8, 4) is 11.5 Å². The summed E-state index contributed by atoms with van der Waals surface area (Å²) in [5.41, 5.74) is 2.38. The van der Waals surface area contributed by atoms with E-state index in [0.29, 0.717) is 5.92 Å². The van der Waals surface area contributed by atoms with Crippen molar-refractivity contribution in [1.29, 1.82) is 0 Å². The highest BCUT2D eigenvalue weighted by molar-refractivity contribution is 9.11. The molecular formula is C22H20Br4O2. The summed E-state index contributed by atoms with van der Waals surface area (Å²) in [5.74, 6) is 3.50. The van der Waals surface area contributed by atoms with E-state index in [-0.39, 0.29) is 16.9 Å². The molecule has 0 heterocycles. The van der Waals surface area contributed by atoms with Crippen LogP contribution in [0.25, 0.3) is 0 Å². The first-order chi connectivity index (χ1) is 13.3. The van der Waals surface area contributed by atoms with Gasteiger partial charge < -0.3 is 10.2 Å². The monoisotopic (exact) mass is 632 g/mol. The van der Waals surface area contributed by atoms with Crippen LogP contribution in [0.15, 0.2) is 42.2 Å². The van der Waals surface area contributed by atoms with Crippen LogP contribution in [0.5, 0.6) is 11.5 Å². The Morgan fingerprint density at radius 2 is 1.21 bits per heavy atom. The Kier molecular flexibility index (Phi) is 4.97. The van der Waals surface area contributed by atoms with Gasteiger partial charge in [-0.15, -0.1) is 0 Å². The van der Waals surface area contributed by atoms with Gasteiger partial charge >= 0.3 is 0 Å². The van der Waals surface area contributed by atoms with Crippen LogP contribution in [-0.2, 0) is 5.41 Å². The molecule has 148 valence electrons. The summed E-state index contributed by atoms with van der Waals surface area (Å²) < 4.78 is 2.88. The molecule has 3 saturated carbocycles. The van der Waals surface area contributed by atoms with Crippen molar-refractivity contribution in [3.05, 3.63) is 53.3 Å². The Bertz CT molecular complexity index is 869. The fourth-order valence-electron chi connectivity index (χ4n) is 6.62. The molecule has 0 saturated heterocycles. The van der Waals surface area contributed by atoms with Gasteiger partial charge in [0.1, 0.15) is 11.5 Å². The standard InChI is InChI=1S/C22H20Br4O2/c23-16-5-11(6-17(24)20(16)27)22(12-7-18(25)21(28)19(26)8-12)9-10-4-15(22)14-3-1-2-13(10)14/h5-8,10,13-15,27-28H,1-4,9H2. The van der Waals surface area contributed by atoms with Crippen LogP contribution in [0.1, 0.15) is 43.2 Å². The number of hydrogen-bond donors (Lipinski definition) is 2. The summed E-state index contributed by atoms with van der Waals surface area (Å²) in [6.07, 6.45) is 6.47. The Morgan fingerprint density at radius 3 is 1.71 bits per heavy atom. The van der Waals surface area contributed by atoms with Crippen LogP contribution in [-0.4, -0.2) is 10.2 Å². The van der Waals surface area contributed by atoms with E-state index in [1.807, 2.05) is 0 Å². The van der Waals surface area contributed by atoms with Gasteiger partial charge in [0, 0.05) is 5.41 Å². The first kappa shape index (κ1) is 19.9. The van der Waals surface area contributed by atoms with Crippen LogP contribution in [0, 0.1) is 23.7 Å². The van der Waals surface area contributed by atoms with Gasteiger partial charge in [0.2, 0.25) is 0 Å². The zero-order valence-corrected chi connectivity index (χ0v) is 21.4. The van der Waals surface area contributed by atoms with Gasteiger partial charge in [-0.05, 0) is 148 Å². The quantitative estimate of drug-likeness (QED) is 0.352. The van der Waals surface area contributed by atoms with Crippen LogP contribution in [0.4, 0.5) is 0 Å². The van der Waals surface area contributed by atoms with Crippen molar-refractivity contribution in [2.75, 3.05) is 0 Å². The molecule has 3 fully saturated rings. The van der Waals surface area contributed by atoms with Crippen LogP contribution in [0.2, 0.25) is 0 Å². The molecule has 4 unspecified atom stereocenters. The summed E-state index contributed by atoms with van der Waals surface area (Å²) in [5, 5.41) is 20.6. The highest BCUT2D eigenvalue weighted by atomic mass is 79.9. The lowest BCUT2D eigenvalue weighted by Crippen LogP contribution is -2.40. The van der Waals surface area contributed by atoms with Gasteiger partial charge in [-0.1, -0.05) is 6.42 Å². The van der Waals surface area contributed by atoms with Crippen LogP contribution < -0.4 is 0 Å². The summed E-state index contributed by atoms with van der Waals surface area (Å²) in [6, 6.07) is 8.39. The molecule has 3 aliphatic rings. The van der Waals surface area contributed by atoms with Gasteiger partial charge in [-0.2, -0.15) is 0 Å². The SMILES string of the molecule is Oc1c(Br)cc(C2(c3cc(Br)c(O)c(Br)c3)CC3CC2C2CCCC32)cc1Br. The van der Waals surface area contributed by atoms with E-state index in [9.17, 15) is 10.2 Å². The average molecular weight is 636 g/mol. The Hall–Kier alpha value is -0.0400. The molecule has 4 atom stereocenters. The molecule has 0 aliphatic heterocycles. The summed E-state index contributed by atoms with van der Waals surface area (Å²) >= 11 is 14.2. The van der Waals surface area contributed by atoms with Crippen molar-refractivity contribution < 1.29 is 10.2 Å². The zero-order chi connectivity index (χ0) is 19.8. The van der Waals surface area contributed by atoms with Gasteiger partial charge in [0.05, 0.1) is 17.9 Å². The predicted molar refractivity (Wildman–Crippen MR) is 125 cm³/mol. The van der Waals surface area contributed by atoms with E-state index < -0.39 is 0 Å². The summed E-state index contributed by atoms with van der Waals surface area (Å²) in [7, 11) is 0. The minimum Gasteiger partial charge on any atom is -0.506 e. The number of aromatic hydroxyl groups is 2. The van der Waals surface area contributed by atoms with Gasteiger partial charge in [0.25, 0.3) is 0 Å². The molecule has 0 spiro atoms. The maximum Gasteiger partial charge on any atom is 0.143 e. The molecule has 2 nitrogen and oxygen atoms in total. The molecular weight excluding hydrogens is 616 g/mol. The third-order valence-corrected chi connectivity index (χ3v) is 10.0. The number of benzene rings is 2. The fourth-order valence-corrected chi connectivity index (χ4v) is 8.99. The largest absolute Gasteiger partial charge is 0.506 e. The lowest BCUT2D eigenvalue weighted by atomic mass is 9.59. The lowest BCUT2D eigenvalue weighted by molar-refractivity contribution is 0.181. The molecule has 2 aromatic carbocycles. The van der Waals surface area contributed by atoms with Crippen molar-refractivity contribution in [2.24, 2.45) is 23.7 Å². The first-order valence-electron chi connectivity index (χ1n) is 9.70. The van der Waals surface area contributed by atoms with E-state index in [0.717, 1.165) is 42.1 Å². The number of fused-ring (bicyclic) bond motifs is 5.